The Balaban J connectivity index is 0. The molecule has 1 heterocycles. The van der Waals surface area contributed by atoms with Crippen molar-refractivity contribution in [1.29, 1.82) is 0 Å². The zero-order chi connectivity index (χ0) is 18.5. The maximum Gasteiger partial charge on any atom is 0.239 e. The molecule has 1 aliphatic heterocycles. The number of amides is 2. The number of nitrogens with zero attached hydrogens (tertiary/aromatic N) is 1. The number of nitrogens with two attached hydrogens (primary N) is 1. The van der Waals surface area contributed by atoms with Gasteiger partial charge >= 0.3 is 0 Å². The van der Waals surface area contributed by atoms with E-state index in [1.165, 1.54) is 0 Å². The topological polar surface area (TPSA) is 96.7 Å². The maximum absolute atomic E-state index is 12.0. The Kier molecular flexibility index (Phi) is 12.7. The van der Waals surface area contributed by atoms with E-state index in [4.69, 9.17) is 10.5 Å². The second kappa shape index (κ2) is 12.0. The van der Waals surface area contributed by atoms with E-state index in [1.54, 1.807) is 0 Å². The molecule has 0 aromatic rings. The van der Waals surface area contributed by atoms with Gasteiger partial charge in [-0.1, -0.05) is 13.8 Å². The number of hydrogen-bond acceptors (Lipinski definition) is 5. The highest BCUT2D eigenvalue weighted by Crippen LogP contribution is 2.20. The van der Waals surface area contributed by atoms with E-state index in [9.17, 15) is 9.59 Å². The van der Waals surface area contributed by atoms with E-state index in [0.29, 0.717) is 6.54 Å². The summed E-state index contributed by atoms with van der Waals surface area (Å²) in [6.45, 7) is 14.2. The summed E-state index contributed by atoms with van der Waals surface area (Å²) in [7, 11) is 0. The number of carbonyl (C=O) groups is 2. The number of morpholine rings is 1. The Morgan fingerprint density at radius 1 is 1.15 bits per heavy atom. The van der Waals surface area contributed by atoms with Crippen molar-refractivity contribution in [3.05, 3.63) is 0 Å². The molecule has 0 radical (unpaired) electrons. The summed E-state index contributed by atoms with van der Waals surface area (Å²) in [5.41, 5.74) is 5.57. The maximum atomic E-state index is 12.0. The van der Waals surface area contributed by atoms with Gasteiger partial charge in [0, 0.05) is 25.2 Å². The van der Waals surface area contributed by atoms with Crippen molar-refractivity contribution in [2.24, 2.45) is 11.7 Å². The molecule has 26 heavy (non-hydrogen) atoms. The van der Waals surface area contributed by atoms with E-state index in [2.05, 4.69) is 43.2 Å². The third-order valence-electron chi connectivity index (χ3n) is 4.44. The number of carbonyl (C=O) groups excluding carboxylic acids is 2. The number of halogens is 2. The second-order valence-corrected chi connectivity index (χ2v) is 7.74. The average molecular weight is 415 g/mol. The van der Waals surface area contributed by atoms with Crippen molar-refractivity contribution in [2.45, 2.75) is 65.3 Å². The van der Waals surface area contributed by atoms with E-state index in [0.717, 1.165) is 13.1 Å². The van der Waals surface area contributed by atoms with E-state index in [-0.39, 0.29) is 66.8 Å². The predicted octanol–water partition coefficient (Wildman–Crippen LogP) is 0.934. The highest BCUT2D eigenvalue weighted by Gasteiger charge is 2.33. The first kappa shape index (κ1) is 27.6. The number of ether oxygens (including phenoxy) is 1. The van der Waals surface area contributed by atoms with Gasteiger partial charge < -0.3 is 21.1 Å². The zero-order valence-corrected chi connectivity index (χ0v) is 18.3. The van der Waals surface area contributed by atoms with Gasteiger partial charge in [0.05, 0.1) is 24.8 Å². The quantitative estimate of drug-likeness (QED) is 0.575. The molecule has 3 atom stereocenters. The Hall–Kier alpha value is -0.600. The normalized spacial score (nSPS) is 22.0. The van der Waals surface area contributed by atoms with Gasteiger partial charge in [0.2, 0.25) is 11.8 Å². The highest BCUT2D eigenvalue weighted by atomic mass is 35.5. The number of rotatable bonds is 7. The lowest BCUT2D eigenvalue weighted by molar-refractivity contribution is -0.128. The molecule has 0 aromatic carbocycles. The Labute approximate surface area is 170 Å². The molecule has 9 heteroatoms. The van der Waals surface area contributed by atoms with Gasteiger partial charge in [-0.15, -0.1) is 24.8 Å². The van der Waals surface area contributed by atoms with Crippen LogP contribution in [-0.4, -0.2) is 66.7 Å². The molecule has 156 valence electrons. The minimum atomic E-state index is -0.592. The molecule has 0 bridgehead atoms. The lowest BCUT2D eigenvalue weighted by atomic mass is 10.00. The SMILES string of the molecule is CC1CN(C(C)(C)CNC(=O)CNC(=O)[C@@H](N)C(C)C)CC(C)O1.Cl.Cl. The predicted molar refractivity (Wildman–Crippen MR) is 109 cm³/mol. The molecular formula is C17H36Cl2N4O3. The van der Waals surface area contributed by atoms with Gasteiger partial charge in [-0.05, 0) is 33.6 Å². The molecule has 1 rings (SSSR count). The number of nitrogens with one attached hydrogen (secondary N) is 2. The molecule has 4 N–H and O–H groups in total. The summed E-state index contributed by atoms with van der Waals surface area (Å²) in [5, 5.41) is 5.48. The highest BCUT2D eigenvalue weighted by molar-refractivity contribution is 5.87. The summed E-state index contributed by atoms with van der Waals surface area (Å²) < 4.78 is 5.76. The van der Waals surface area contributed by atoms with Gasteiger partial charge in [-0.25, -0.2) is 0 Å². The molecule has 1 saturated heterocycles. The van der Waals surface area contributed by atoms with Crippen molar-refractivity contribution in [2.75, 3.05) is 26.2 Å². The van der Waals surface area contributed by atoms with Crippen LogP contribution in [0.5, 0.6) is 0 Å². The van der Waals surface area contributed by atoms with Crippen LogP contribution in [0.4, 0.5) is 0 Å². The van der Waals surface area contributed by atoms with Crippen LogP contribution in [0.15, 0.2) is 0 Å². The van der Waals surface area contributed by atoms with Gasteiger partial charge in [-0.3, -0.25) is 14.5 Å². The lowest BCUT2D eigenvalue weighted by Crippen LogP contribution is -2.59. The fourth-order valence-corrected chi connectivity index (χ4v) is 2.75. The minimum absolute atomic E-state index is 0. The first-order chi connectivity index (χ1) is 11.0. The first-order valence-electron chi connectivity index (χ1n) is 8.73. The summed E-state index contributed by atoms with van der Waals surface area (Å²) >= 11 is 0. The van der Waals surface area contributed by atoms with Crippen molar-refractivity contribution in [3.63, 3.8) is 0 Å². The van der Waals surface area contributed by atoms with Crippen LogP contribution < -0.4 is 16.4 Å². The summed E-state index contributed by atoms with van der Waals surface area (Å²) in [6.07, 6.45) is 0.362. The molecular weight excluding hydrogens is 379 g/mol. The molecule has 2 unspecified atom stereocenters. The molecule has 0 spiro atoms. The van der Waals surface area contributed by atoms with Crippen LogP contribution in [0, 0.1) is 5.92 Å². The van der Waals surface area contributed by atoms with E-state index in [1.807, 2.05) is 13.8 Å². The summed E-state index contributed by atoms with van der Waals surface area (Å²) in [5.74, 6) is -0.464. The molecule has 1 fully saturated rings. The number of hydrogen-bond donors (Lipinski definition) is 3. The lowest BCUT2D eigenvalue weighted by Gasteiger charge is -2.45. The van der Waals surface area contributed by atoms with Crippen LogP contribution >= 0.6 is 24.8 Å². The smallest absolute Gasteiger partial charge is 0.239 e. The van der Waals surface area contributed by atoms with Crippen LogP contribution in [-0.2, 0) is 14.3 Å². The van der Waals surface area contributed by atoms with Gasteiger partial charge in [0.1, 0.15) is 0 Å². The monoisotopic (exact) mass is 414 g/mol. The minimum Gasteiger partial charge on any atom is -0.373 e. The molecule has 2 amide bonds. The van der Waals surface area contributed by atoms with E-state index < -0.39 is 6.04 Å². The van der Waals surface area contributed by atoms with Crippen LogP contribution in [0.1, 0.15) is 41.5 Å². The fourth-order valence-electron chi connectivity index (χ4n) is 2.75. The summed E-state index contributed by atoms with van der Waals surface area (Å²) in [6, 6.07) is -0.592. The zero-order valence-electron chi connectivity index (χ0n) is 16.7. The van der Waals surface area contributed by atoms with Gasteiger partial charge in [-0.2, -0.15) is 0 Å². The average Bonchev–Trinajstić information content (AvgIpc) is 2.48. The van der Waals surface area contributed by atoms with Crippen LogP contribution in [0.3, 0.4) is 0 Å². The van der Waals surface area contributed by atoms with Gasteiger partial charge in [0.15, 0.2) is 0 Å². The molecule has 1 aliphatic rings. The third kappa shape index (κ3) is 8.86. The largest absolute Gasteiger partial charge is 0.373 e. The molecule has 0 saturated carbocycles. The third-order valence-corrected chi connectivity index (χ3v) is 4.44. The molecule has 7 nitrogen and oxygen atoms in total. The fraction of sp³-hybridized carbons (Fsp3) is 0.882. The van der Waals surface area contributed by atoms with Crippen molar-refractivity contribution in [1.82, 2.24) is 15.5 Å². The Bertz CT molecular complexity index is 440. The second-order valence-electron chi connectivity index (χ2n) is 7.74. The van der Waals surface area contributed by atoms with E-state index >= 15 is 0 Å². The first-order valence-corrected chi connectivity index (χ1v) is 8.73. The van der Waals surface area contributed by atoms with Crippen molar-refractivity contribution in [3.8, 4) is 0 Å². The van der Waals surface area contributed by atoms with Crippen molar-refractivity contribution < 1.29 is 14.3 Å². The van der Waals surface area contributed by atoms with Crippen LogP contribution in [0.25, 0.3) is 0 Å². The molecule has 0 aliphatic carbocycles. The standard InChI is InChI=1S/C17H34N4O3.2ClH/c1-11(2)15(18)16(23)19-7-14(22)20-10-17(5,6)21-8-12(3)24-13(4)9-21;;/h11-13,15H,7-10,18H2,1-6H3,(H,19,23)(H,20,22);2*1H/t12?,13?,15-;;/m0../s1. The Morgan fingerprint density at radius 2 is 1.65 bits per heavy atom. The molecule has 0 aromatic heterocycles. The summed E-state index contributed by atoms with van der Waals surface area (Å²) in [4.78, 5) is 26.1. The van der Waals surface area contributed by atoms with Gasteiger partial charge in [0.25, 0.3) is 0 Å². The van der Waals surface area contributed by atoms with Crippen molar-refractivity contribution >= 4 is 36.6 Å². The Morgan fingerprint density at radius 3 is 2.12 bits per heavy atom. The van der Waals surface area contributed by atoms with Crippen LogP contribution in [0.2, 0.25) is 0 Å².